The van der Waals surface area contributed by atoms with E-state index in [1.165, 1.54) is 36.4 Å². The zero-order chi connectivity index (χ0) is 25.9. The largest absolute Gasteiger partial charge is 0.477 e. The Balaban J connectivity index is 0.000000172. The molecule has 0 bridgehead atoms. The maximum Gasteiger partial charge on any atom is 0.352 e. The molecule has 35 heavy (non-hydrogen) atoms. The molecule has 1 unspecified atom stereocenters. The minimum Gasteiger partial charge on any atom is -0.477 e. The Bertz CT molecular complexity index is 952. The van der Waals surface area contributed by atoms with Gasteiger partial charge in [0, 0.05) is 24.0 Å². The van der Waals surface area contributed by atoms with E-state index in [1.807, 2.05) is 0 Å². The molecule has 196 valence electrons. The van der Waals surface area contributed by atoms with Crippen LogP contribution < -0.4 is 5.32 Å². The number of hydrogen-bond acceptors (Lipinski definition) is 6. The van der Waals surface area contributed by atoms with Crippen LogP contribution in [0.25, 0.3) is 0 Å². The number of piperidine rings is 1. The van der Waals surface area contributed by atoms with Gasteiger partial charge in [0.1, 0.15) is 11.5 Å². The van der Waals surface area contributed by atoms with Crippen LogP contribution in [0.15, 0.2) is 16.3 Å². The lowest BCUT2D eigenvalue weighted by Crippen LogP contribution is -2.64. The van der Waals surface area contributed by atoms with E-state index in [9.17, 15) is 19.8 Å². The number of ether oxygens (including phenoxy) is 1. The first-order valence-corrected chi connectivity index (χ1v) is 13.1. The van der Waals surface area contributed by atoms with E-state index in [0.29, 0.717) is 11.8 Å². The number of rotatable bonds is 3. The van der Waals surface area contributed by atoms with Crippen LogP contribution in [0, 0.1) is 17.3 Å². The number of nitrogens with one attached hydrogen (secondary N) is 1. The Hall–Kier alpha value is -1.93. The number of β-lactam (4-membered cyclic amide) rings is 1. The third-order valence-electron chi connectivity index (χ3n) is 8.93. The molecule has 4 aliphatic heterocycles. The molecule has 0 aromatic rings. The summed E-state index contributed by atoms with van der Waals surface area (Å²) in [6.45, 7) is 13.0. The summed E-state index contributed by atoms with van der Waals surface area (Å²) in [7, 11) is 1.62. The molecule has 3 fully saturated rings. The SMILES string of the molecule is CC1(C)CCC2(C)CCC(C)(C)NC2=N1.CO[C@@H]1CC[C@H]2C(=C(C(=O)O)N3C(=O)[C@H]([C@@H](C)O)[C@@H]23)C1. The van der Waals surface area contributed by atoms with Crippen LogP contribution in [-0.2, 0) is 14.3 Å². The van der Waals surface area contributed by atoms with Crippen molar-refractivity contribution in [1.29, 1.82) is 0 Å². The van der Waals surface area contributed by atoms with Gasteiger partial charge in [0.15, 0.2) is 0 Å². The van der Waals surface area contributed by atoms with Crippen LogP contribution in [-0.4, -0.2) is 69.3 Å². The summed E-state index contributed by atoms with van der Waals surface area (Å²) in [6.07, 6.45) is 6.55. The predicted octanol–water partition coefficient (Wildman–Crippen LogP) is 3.49. The van der Waals surface area contributed by atoms with Gasteiger partial charge < -0.3 is 25.2 Å². The van der Waals surface area contributed by atoms with E-state index < -0.39 is 18.0 Å². The van der Waals surface area contributed by atoms with Gasteiger partial charge in [0.2, 0.25) is 5.91 Å². The van der Waals surface area contributed by atoms with Crippen LogP contribution >= 0.6 is 0 Å². The quantitative estimate of drug-likeness (QED) is 0.524. The molecule has 3 N–H and O–H groups in total. The predicted molar refractivity (Wildman–Crippen MR) is 134 cm³/mol. The van der Waals surface area contributed by atoms with Crippen molar-refractivity contribution in [2.75, 3.05) is 7.11 Å². The third kappa shape index (κ3) is 4.64. The molecule has 0 radical (unpaired) electrons. The monoisotopic (exact) mass is 489 g/mol. The number of amides is 1. The number of carboxylic acid groups (broad SMARTS) is 1. The van der Waals surface area contributed by atoms with Crippen LogP contribution in [0.5, 0.6) is 0 Å². The van der Waals surface area contributed by atoms with Gasteiger partial charge >= 0.3 is 5.97 Å². The Kier molecular flexibility index (Phi) is 6.63. The third-order valence-corrected chi connectivity index (χ3v) is 8.93. The molecule has 0 aromatic heterocycles. The molecule has 4 heterocycles. The van der Waals surface area contributed by atoms with E-state index in [1.54, 1.807) is 14.0 Å². The van der Waals surface area contributed by atoms with Gasteiger partial charge in [-0.15, -0.1) is 0 Å². The molecule has 0 aromatic carbocycles. The summed E-state index contributed by atoms with van der Waals surface area (Å²) in [5.74, 6) is -0.467. The molecule has 8 heteroatoms. The number of carboxylic acids is 1. The van der Waals surface area contributed by atoms with Crippen LogP contribution in [0.2, 0.25) is 0 Å². The van der Waals surface area contributed by atoms with Gasteiger partial charge in [-0.05, 0) is 85.1 Å². The highest BCUT2D eigenvalue weighted by molar-refractivity contribution is 6.00. The zero-order valence-electron chi connectivity index (χ0n) is 22.4. The van der Waals surface area contributed by atoms with Gasteiger partial charge in [-0.3, -0.25) is 9.79 Å². The summed E-state index contributed by atoms with van der Waals surface area (Å²) in [5, 5.41) is 22.8. The number of aliphatic carboxylic acids is 1. The van der Waals surface area contributed by atoms with Crippen molar-refractivity contribution in [3.63, 3.8) is 0 Å². The Morgan fingerprint density at radius 1 is 1.14 bits per heavy atom. The minimum absolute atomic E-state index is 0.0226. The zero-order valence-corrected chi connectivity index (χ0v) is 22.4. The molecule has 5 rings (SSSR count). The highest BCUT2D eigenvalue weighted by Gasteiger charge is 2.61. The Labute approximate surface area is 209 Å². The molecule has 8 nitrogen and oxygen atoms in total. The van der Waals surface area contributed by atoms with Crippen molar-refractivity contribution in [3.05, 3.63) is 11.3 Å². The molecular weight excluding hydrogens is 446 g/mol. The number of nitrogens with zero attached hydrogens (tertiary/aromatic N) is 2. The smallest absolute Gasteiger partial charge is 0.352 e. The Morgan fingerprint density at radius 2 is 1.80 bits per heavy atom. The van der Waals surface area contributed by atoms with Gasteiger partial charge in [0.05, 0.1) is 29.7 Å². The number of aliphatic hydroxyl groups is 1. The highest BCUT2D eigenvalue weighted by Crippen LogP contribution is 2.52. The van der Waals surface area contributed by atoms with Gasteiger partial charge in [-0.1, -0.05) is 6.92 Å². The van der Waals surface area contributed by atoms with Crippen molar-refractivity contribution in [1.82, 2.24) is 10.2 Å². The summed E-state index contributed by atoms with van der Waals surface area (Å²) < 4.78 is 5.34. The molecular formula is C27H43N3O5. The number of fused-ring (bicyclic) bond motifs is 4. The van der Waals surface area contributed by atoms with E-state index in [0.717, 1.165) is 18.4 Å². The molecule has 5 aliphatic rings. The highest BCUT2D eigenvalue weighted by atomic mass is 16.5. The molecule has 6 atom stereocenters. The molecule has 1 amide bonds. The van der Waals surface area contributed by atoms with E-state index in [2.05, 4.69) is 39.9 Å². The second-order valence-electron chi connectivity index (χ2n) is 12.7. The number of carbonyl (C=O) groups excluding carboxylic acids is 1. The number of amidine groups is 1. The number of methoxy groups -OCH3 is 1. The second-order valence-corrected chi connectivity index (χ2v) is 12.7. The van der Waals surface area contributed by atoms with Crippen molar-refractivity contribution in [2.24, 2.45) is 22.2 Å². The maximum atomic E-state index is 12.1. The van der Waals surface area contributed by atoms with E-state index >= 15 is 0 Å². The van der Waals surface area contributed by atoms with Gasteiger partial charge in [-0.25, -0.2) is 4.79 Å². The van der Waals surface area contributed by atoms with Gasteiger partial charge in [-0.2, -0.15) is 0 Å². The molecule has 1 aliphatic carbocycles. The fraction of sp³-hybridized carbons (Fsp3) is 0.815. The van der Waals surface area contributed by atoms with Crippen molar-refractivity contribution < 1.29 is 24.5 Å². The summed E-state index contributed by atoms with van der Waals surface area (Å²) in [5.41, 5.74) is 1.63. The lowest BCUT2D eigenvalue weighted by molar-refractivity contribution is -0.163. The Morgan fingerprint density at radius 3 is 2.40 bits per heavy atom. The van der Waals surface area contributed by atoms with Crippen molar-refractivity contribution in [3.8, 4) is 0 Å². The summed E-state index contributed by atoms with van der Waals surface area (Å²) in [6, 6.07) is -0.179. The fourth-order valence-electron chi connectivity index (χ4n) is 6.58. The first kappa shape index (κ1) is 26.1. The van der Waals surface area contributed by atoms with E-state index in [-0.39, 0.29) is 40.7 Å². The molecule has 2 saturated heterocycles. The lowest BCUT2D eigenvalue weighted by Gasteiger charge is -2.48. The minimum atomic E-state index is -1.05. The first-order chi connectivity index (χ1) is 16.2. The normalized spacial score (nSPS) is 37.4. The fourth-order valence-corrected chi connectivity index (χ4v) is 6.58. The first-order valence-electron chi connectivity index (χ1n) is 13.1. The van der Waals surface area contributed by atoms with Crippen molar-refractivity contribution in [2.45, 2.75) is 116 Å². The van der Waals surface area contributed by atoms with Crippen molar-refractivity contribution >= 4 is 17.7 Å². The number of carbonyl (C=O) groups is 2. The summed E-state index contributed by atoms with van der Waals surface area (Å²) >= 11 is 0. The van der Waals surface area contributed by atoms with Crippen LogP contribution in [0.1, 0.15) is 86.5 Å². The lowest BCUT2D eigenvalue weighted by atomic mass is 9.69. The molecule has 1 saturated carbocycles. The average molecular weight is 490 g/mol. The average Bonchev–Trinajstić information content (AvgIpc) is 3.04. The number of hydrogen-bond donors (Lipinski definition) is 3. The van der Waals surface area contributed by atoms with E-state index in [4.69, 9.17) is 9.73 Å². The summed E-state index contributed by atoms with van der Waals surface area (Å²) in [4.78, 5) is 29.9. The second kappa shape index (κ2) is 8.87. The number of aliphatic hydroxyl groups excluding tert-OH is 1. The topological polar surface area (TPSA) is 111 Å². The van der Waals surface area contributed by atoms with Gasteiger partial charge in [0.25, 0.3) is 0 Å². The maximum absolute atomic E-state index is 12.1. The number of aliphatic imine (C=N–C) groups is 1. The van der Waals surface area contributed by atoms with Crippen LogP contribution in [0.4, 0.5) is 0 Å². The van der Waals surface area contributed by atoms with Crippen LogP contribution in [0.3, 0.4) is 0 Å². The molecule has 0 spiro atoms. The standard InChI is InChI=1S/C14H19NO5.C13H24N2/c1-6(16)10-11-8-4-3-7(20-2)5-9(8)12(14(18)19)15(11)13(10)17;1-11(2)6-8-13(5)9-7-12(3,4)15-10(13)14-11/h6-8,10-11,16H,3-5H2,1-2H3,(H,18,19);6-9H2,1-5H3,(H,14,15)/t6-,7-,8+,10-,11-;/m1./s1.